The van der Waals surface area contributed by atoms with Gasteiger partial charge in [0, 0.05) is 11.1 Å². The fourth-order valence-corrected chi connectivity index (χ4v) is 4.87. The minimum absolute atomic E-state index is 0.0116. The van der Waals surface area contributed by atoms with E-state index in [1.807, 2.05) is 18.2 Å². The van der Waals surface area contributed by atoms with Gasteiger partial charge in [0.25, 0.3) is 0 Å². The molecule has 1 atom stereocenters. The Morgan fingerprint density at radius 3 is 2.07 bits per heavy atom. The van der Waals surface area contributed by atoms with Crippen LogP contribution in [0.1, 0.15) is 42.9 Å². The molecule has 0 aromatic heterocycles. The molecule has 27 heavy (non-hydrogen) atoms. The highest BCUT2D eigenvalue weighted by molar-refractivity contribution is 6.00. The van der Waals surface area contributed by atoms with E-state index in [1.165, 1.54) is 27.8 Å². The lowest BCUT2D eigenvalue weighted by atomic mass is 9.90. The number of fused-ring (bicyclic) bond motifs is 5. The Hall–Kier alpha value is -2.87. The van der Waals surface area contributed by atoms with Crippen LogP contribution in [-0.4, -0.2) is 5.91 Å². The number of carbonyl (C=O) groups is 1. The molecule has 2 nitrogen and oxygen atoms in total. The summed E-state index contributed by atoms with van der Waals surface area (Å²) in [5.74, 6) is 0.500. The second-order valence-corrected chi connectivity index (χ2v) is 8.05. The number of hydrogen-bond acceptors (Lipinski definition) is 1. The van der Waals surface area contributed by atoms with Crippen LogP contribution >= 0.6 is 0 Å². The Morgan fingerprint density at radius 2 is 1.44 bits per heavy atom. The molecular formula is C25H23NO. The third-order valence-electron chi connectivity index (χ3n) is 6.22. The van der Waals surface area contributed by atoms with Crippen molar-refractivity contribution in [2.75, 3.05) is 5.32 Å². The Bertz CT molecular complexity index is 1000. The molecule has 0 saturated heterocycles. The van der Waals surface area contributed by atoms with Gasteiger partial charge in [0.15, 0.2) is 0 Å². The maximum absolute atomic E-state index is 13.2. The summed E-state index contributed by atoms with van der Waals surface area (Å²) in [5.41, 5.74) is 7.17. The summed E-state index contributed by atoms with van der Waals surface area (Å²) >= 11 is 0. The van der Waals surface area contributed by atoms with E-state index in [1.54, 1.807) is 0 Å². The molecule has 0 radical (unpaired) electrons. The van der Waals surface area contributed by atoms with Crippen molar-refractivity contribution in [1.29, 1.82) is 0 Å². The van der Waals surface area contributed by atoms with Gasteiger partial charge in [0.2, 0.25) is 5.91 Å². The van der Waals surface area contributed by atoms with Gasteiger partial charge in [-0.3, -0.25) is 4.79 Å². The molecule has 2 aliphatic carbocycles. The molecule has 0 heterocycles. The highest BCUT2D eigenvalue weighted by Gasteiger charge is 2.63. The van der Waals surface area contributed by atoms with E-state index in [4.69, 9.17) is 0 Å². The molecule has 5 rings (SSSR count). The summed E-state index contributed by atoms with van der Waals surface area (Å²) in [7, 11) is 0. The largest absolute Gasteiger partial charge is 0.326 e. The van der Waals surface area contributed by atoms with E-state index in [2.05, 4.69) is 73.8 Å². The summed E-state index contributed by atoms with van der Waals surface area (Å²) in [6.07, 6.45) is 0.886. The first kappa shape index (κ1) is 16.3. The predicted molar refractivity (Wildman–Crippen MR) is 110 cm³/mol. The molecule has 1 N–H and O–H groups in total. The average molecular weight is 353 g/mol. The normalized spacial score (nSPS) is 18.3. The van der Waals surface area contributed by atoms with Crippen LogP contribution < -0.4 is 5.32 Å². The highest BCUT2D eigenvalue weighted by atomic mass is 16.2. The number of hydrogen-bond donors (Lipinski definition) is 1. The first-order valence-corrected chi connectivity index (χ1v) is 9.72. The molecule has 0 bridgehead atoms. The molecule has 0 aliphatic heterocycles. The first-order chi connectivity index (χ1) is 13.1. The second kappa shape index (κ2) is 5.82. The lowest BCUT2D eigenvalue weighted by Gasteiger charge is -2.16. The van der Waals surface area contributed by atoms with Crippen molar-refractivity contribution >= 4 is 11.6 Å². The average Bonchev–Trinajstić information content (AvgIpc) is 3.38. The van der Waals surface area contributed by atoms with Gasteiger partial charge in [-0.1, -0.05) is 80.6 Å². The lowest BCUT2D eigenvalue weighted by molar-refractivity contribution is -0.117. The Kier molecular flexibility index (Phi) is 3.51. The van der Waals surface area contributed by atoms with Crippen LogP contribution in [-0.2, 0) is 10.2 Å². The summed E-state index contributed by atoms with van der Waals surface area (Å²) in [6, 6.07) is 25.3. The predicted octanol–water partition coefficient (Wildman–Crippen LogP) is 5.74. The number of anilines is 1. The maximum Gasteiger partial charge on any atom is 0.228 e. The first-order valence-electron chi connectivity index (χ1n) is 9.72. The molecule has 1 amide bonds. The minimum Gasteiger partial charge on any atom is -0.326 e. The molecule has 2 aliphatic rings. The highest BCUT2D eigenvalue weighted by Crippen LogP contribution is 2.66. The molecule has 1 fully saturated rings. The number of nitrogens with one attached hydrogen (secondary N) is 1. The van der Waals surface area contributed by atoms with Gasteiger partial charge in [0.1, 0.15) is 0 Å². The summed E-state index contributed by atoms with van der Waals surface area (Å²) in [6.45, 7) is 4.32. The molecule has 134 valence electrons. The van der Waals surface area contributed by atoms with Crippen molar-refractivity contribution in [3.05, 3.63) is 89.5 Å². The Balaban J connectivity index is 1.51. The Labute approximate surface area is 160 Å². The fraction of sp³-hybridized carbons (Fsp3) is 0.240. The third kappa shape index (κ3) is 2.29. The van der Waals surface area contributed by atoms with Gasteiger partial charge in [0.05, 0.1) is 5.92 Å². The molecular weight excluding hydrogens is 330 g/mol. The standard InChI is InChI=1S/C25H23NO/c1-16(2)17-9-5-8-14-23(17)26-24(27)22-15-25(22)20-12-6-3-10-18(20)19-11-4-7-13-21(19)25/h3-14,16,22H,15H2,1-2H3,(H,26,27). The maximum atomic E-state index is 13.2. The van der Waals surface area contributed by atoms with Gasteiger partial charge in [-0.25, -0.2) is 0 Å². The number of benzene rings is 3. The van der Waals surface area contributed by atoms with Crippen LogP contribution in [0.3, 0.4) is 0 Å². The number of amides is 1. The molecule has 1 spiro atoms. The van der Waals surface area contributed by atoms with Gasteiger partial charge < -0.3 is 5.32 Å². The number of rotatable bonds is 3. The van der Waals surface area contributed by atoms with Crippen LogP contribution in [0.15, 0.2) is 72.8 Å². The van der Waals surface area contributed by atoms with Crippen LogP contribution in [0.4, 0.5) is 5.69 Å². The van der Waals surface area contributed by atoms with E-state index in [0.29, 0.717) is 5.92 Å². The van der Waals surface area contributed by atoms with Crippen molar-refractivity contribution in [3.63, 3.8) is 0 Å². The zero-order valence-corrected chi connectivity index (χ0v) is 15.7. The van der Waals surface area contributed by atoms with Crippen LogP contribution in [0.5, 0.6) is 0 Å². The fourth-order valence-electron chi connectivity index (χ4n) is 4.87. The van der Waals surface area contributed by atoms with Crippen molar-refractivity contribution < 1.29 is 4.79 Å². The smallest absolute Gasteiger partial charge is 0.228 e. The van der Waals surface area contributed by atoms with Gasteiger partial charge in [-0.05, 0) is 46.2 Å². The van der Waals surface area contributed by atoms with Gasteiger partial charge >= 0.3 is 0 Å². The van der Waals surface area contributed by atoms with Crippen LogP contribution in [0, 0.1) is 5.92 Å². The van der Waals surface area contributed by atoms with E-state index in [0.717, 1.165) is 12.1 Å². The molecule has 3 aromatic rings. The number of carbonyl (C=O) groups excluding carboxylic acids is 1. The van der Waals surface area contributed by atoms with Crippen molar-refractivity contribution in [2.24, 2.45) is 5.92 Å². The topological polar surface area (TPSA) is 29.1 Å². The zero-order chi connectivity index (χ0) is 18.6. The van der Waals surface area contributed by atoms with Crippen LogP contribution in [0.2, 0.25) is 0 Å². The second-order valence-electron chi connectivity index (χ2n) is 8.05. The van der Waals surface area contributed by atoms with Crippen molar-refractivity contribution in [2.45, 2.75) is 31.6 Å². The SMILES string of the molecule is CC(C)c1ccccc1NC(=O)C1CC12c1ccccc1-c1ccccc12. The molecule has 1 saturated carbocycles. The number of para-hydroxylation sites is 1. The lowest BCUT2D eigenvalue weighted by Crippen LogP contribution is -2.21. The Morgan fingerprint density at radius 1 is 0.889 bits per heavy atom. The zero-order valence-electron chi connectivity index (χ0n) is 15.7. The molecule has 3 aromatic carbocycles. The monoisotopic (exact) mass is 353 g/mol. The summed E-state index contributed by atoms with van der Waals surface area (Å²) < 4.78 is 0. The summed E-state index contributed by atoms with van der Waals surface area (Å²) in [4.78, 5) is 13.2. The van der Waals surface area contributed by atoms with Crippen molar-refractivity contribution in [3.8, 4) is 11.1 Å². The molecule has 1 unspecified atom stereocenters. The van der Waals surface area contributed by atoms with E-state index < -0.39 is 0 Å². The summed E-state index contributed by atoms with van der Waals surface area (Å²) in [5, 5.41) is 3.23. The van der Waals surface area contributed by atoms with Gasteiger partial charge in [-0.15, -0.1) is 0 Å². The van der Waals surface area contributed by atoms with Gasteiger partial charge in [-0.2, -0.15) is 0 Å². The third-order valence-corrected chi connectivity index (χ3v) is 6.22. The minimum atomic E-state index is -0.149. The van der Waals surface area contributed by atoms with E-state index in [-0.39, 0.29) is 17.2 Å². The van der Waals surface area contributed by atoms with Crippen molar-refractivity contribution in [1.82, 2.24) is 0 Å². The quantitative estimate of drug-likeness (QED) is 0.639. The molecule has 2 heteroatoms. The van der Waals surface area contributed by atoms with E-state index >= 15 is 0 Å². The van der Waals surface area contributed by atoms with E-state index in [9.17, 15) is 4.79 Å². The van der Waals surface area contributed by atoms with Crippen LogP contribution in [0.25, 0.3) is 11.1 Å².